The van der Waals surface area contributed by atoms with E-state index in [2.05, 4.69) is 25.1 Å². The van der Waals surface area contributed by atoms with Crippen molar-refractivity contribution in [2.24, 2.45) is 0 Å². The molecule has 3 aromatic heterocycles. The molecule has 2 N–H and O–H groups in total. The number of carbonyl (C=O) groups is 1. The Balaban J connectivity index is 1.42. The van der Waals surface area contributed by atoms with E-state index in [0.29, 0.717) is 23.7 Å². The van der Waals surface area contributed by atoms with Gasteiger partial charge < -0.3 is 9.88 Å². The summed E-state index contributed by atoms with van der Waals surface area (Å²) >= 11 is 6.83. The van der Waals surface area contributed by atoms with E-state index in [4.69, 9.17) is 12.2 Å². The number of thiophene rings is 1. The topological polar surface area (TPSA) is 80.5 Å². The molecule has 1 amide bonds. The predicted octanol–water partition coefficient (Wildman–Crippen LogP) is 3.14. The molecule has 0 saturated heterocycles. The van der Waals surface area contributed by atoms with Crippen LogP contribution in [0.25, 0.3) is 21.7 Å². The number of nitrogens with one attached hydrogen (secondary N) is 2. The van der Waals surface area contributed by atoms with Crippen LogP contribution in [0.15, 0.2) is 41.8 Å². The first-order valence-electron chi connectivity index (χ1n) is 8.51. The summed E-state index contributed by atoms with van der Waals surface area (Å²) in [6.07, 6.45) is 0. The number of imidazole rings is 1. The van der Waals surface area contributed by atoms with Crippen LogP contribution in [0.3, 0.4) is 0 Å². The molecule has 0 atom stereocenters. The van der Waals surface area contributed by atoms with E-state index in [1.807, 2.05) is 48.7 Å². The molecule has 1 aromatic carbocycles. The monoisotopic (exact) mass is 398 g/mol. The van der Waals surface area contributed by atoms with Crippen molar-refractivity contribution in [2.45, 2.75) is 20.0 Å². The van der Waals surface area contributed by atoms with Crippen molar-refractivity contribution in [1.82, 2.24) is 29.6 Å². The Kier molecular flexibility index (Phi) is 4.87. The van der Waals surface area contributed by atoms with Crippen molar-refractivity contribution in [1.29, 1.82) is 0 Å². The summed E-state index contributed by atoms with van der Waals surface area (Å²) < 4.78 is 4.26. The summed E-state index contributed by atoms with van der Waals surface area (Å²) in [4.78, 5) is 17.9. The lowest BCUT2D eigenvalue weighted by molar-refractivity contribution is -0.121. The number of aromatic amines is 1. The highest BCUT2D eigenvalue weighted by Crippen LogP contribution is 2.22. The molecule has 0 aliphatic heterocycles. The molecule has 0 saturated carbocycles. The zero-order valence-electron chi connectivity index (χ0n) is 14.7. The second-order valence-corrected chi connectivity index (χ2v) is 7.40. The van der Waals surface area contributed by atoms with Crippen LogP contribution in [0.1, 0.15) is 5.82 Å². The first-order chi connectivity index (χ1) is 13.1. The van der Waals surface area contributed by atoms with E-state index in [9.17, 15) is 4.79 Å². The minimum absolute atomic E-state index is 0.104. The third kappa shape index (κ3) is 3.56. The number of nitrogens with zero attached hydrogens (tertiary/aromatic N) is 4. The fourth-order valence-corrected chi connectivity index (χ4v) is 3.96. The summed E-state index contributed by atoms with van der Waals surface area (Å²) in [6.45, 7) is 3.28. The van der Waals surface area contributed by atoms with Gasteiger partial charge in [-0.2, -0.15) is 5.10 Å². The predicted molar refractivity (Wildman–Crippen MR) is 108 cm³/mol. The molecule has 0 fully saturated rings. The number of rotatable bonds is 6. The maximum Gasteiger partial charge on any atom is 0.240 e. The quantitative estimate of drug-likeness (QED) is 0.489. The van der Waals surface area contributed by atoms with Gasteiger partial charge in [0, 0.05) is 13.1 Å². The molecule has 4 aromatic rings. The van der Waals surface area contributed by atoms with Gasteiger partial charge in [0.25, 0.3) is 0 Å². The Morgan fingerprint density at radius 1 is 1.26 bits per heavy atom. The van der Waals surface area contributed by atoms with Gasteiger partial charge in [-0.25, -0.2) is 4.98 Å². The fraction of sp³-hybridized carbons (Fsp3) is 0.222. The van der Waals surface area contributed by atoms with Gasteiger partial charge in [0.1, 0.15) is 12.4 Å². The number of hydrogen-bond acceptors (Lipinski definition) is 5. The van der Waals surface area contributed by atoms with Crippen molar-refractivity contribution in [3.05, 3.63) is 52.4 Å². The third-order valence-corrected chi connectivity index (χ3v) is 5.48. The molecular formula is C18H18N6OS2. The highest BCUT2D eigenvalue weighted by Gasteiger charge is 2.13. The molecule has 0 bridgehead atoms. The normalized spacial score (nSPS) is 11.1. The van der Waals surface area contributed by atoms with Crippen LogP contribution in [-0.4, -0.2) is 36.8 Å². The molecule has 0 aliphatic rings. The molecule has 3 heterocycles. The first kappa shape index (κ1) is 17.6. The SMILES string of the molecule is Cc1nc2ccccc2n1CCNC(=O)Cn1c(-c2cccs2)n[nH]c1=S. The Bertz CT molecular complexity index is 1140. The van der Waals surface area contributed by atoms with Crippen molar-refractivity contribution in [2.75, 3.05) is 6.54 Å². The van der Waals surface area contributed by atoms with Crippen LogP contribution >= 0.6 is 23.6 Å². The van der Waals surface area contributed by atoms with Crippen LogP contribution in [0.2, 0.25) is 0 Å². The summed E-state index contributed by atoms with van der Waals surface area (Å²) in [5.41, 5.74) is 2.04. The number of amides is 1. The maximum absolute atomic E-state index is 12.4. The van der Waals surface area contributed by atoms with Gasteiger partial charge >= 0.3 is 0 Å². The van der Waals surface area contributed by atoms with E-state index in [0.717, 1.165) is 21.7 Å². The summed E-state index contributed by atoms with van der Waals surface area (Å²) in [7, 11) is 0. The standard InChI is InChI=1S/C18H18N6OS2/c1-12-20-13-5-2-3-6-14(13)23(12)9-8-19-16(25)11-24-17(21-22-18(24)26)15-7-4-10-27-15/h2-7,10H,8-9,11H2,1H3,(H,19,25)(H,22,26). The van der Waals surface area contributed by atoms with Gasteiger partial charge in [-0.15, -0.1) is 11.3 Å². The van der Waals surface area contributed by atoms with E-state index in [1.165, 1.54) is 0 Å². The van der Waals surface area contributed by atoms with Gasteiger partial charge in [0.05, 0.1) is 15.9 Å². The second kappa shape index (κ2) is 7.45. The van der Waals surface area contributed by atoms with Crippen LogP contribution < -0.4 is 5.32 Å². The van der Waals surface area contributed by atoms with E-state index < -0.39 is 0 Å². The highest BCUT2D eigenvalue weighted by atomic mass is 32.1. The summed E-state index contributed by atoms with van der Waals surface area (Å²) in [5.74, 6) is 1.51. The lowest BCUT2D eigenvalue weighted by Gasteiger charge is -2.10. The van der Waals surface area contributed by atoms with Crippen molar-refractivity contribution >= 4 is 40.5 Å². The molecule has 7 nitrogen and oxygen atoms in total. The van der Waals surface area contributed by atoms with Crippen molar-refractivity contribution in [3.63, 3.8) is 0 Å². The lowest BCUT2D eigenvalue weighted by Crippen LogP contribution is -2.30. The van der Waals surface area contributed by atoms with Gasteiger partial charge in [0.2, 0.25) is 5.91 Å². The Morgan fingerprint density at radius 2 is 2.11 bits per heavy atom. The smallest absolute Gasteiger partial charge is 0.240 e. The Morgan fingerprint density at radius 3 is 2.93 bits per heavy atom. The first-order valence-corrected chi connectivity index (χ1v) is 9.80. The van der Waals surface area contributed by atoms with E-state index in [1.54, 1.807) is 15.9 Å². The fourth-order valence-electron chi connectivity index (χ4n) is 3.04. The number of aryl methyl sites for hydroxylation is 1. The number of benzene rings is 1. The van der Waals surface area contributed by atoms with Crippen molar-refractivity contribution in [3.8, 4) is 10.7 Å². The molecule has 0 unspecified atom stereocenters. The Labute approximate surface area is 164 Å². The zero-order chi connectivity index (χ0) is 18.8. The number of fused-ring (bicyclic) bond motifs is 1. The maximum atomic E-state index is 12.4. The van der Waals surface area contributed by atoms with Crippen LogP contribution in [0, 0.1) is 11.7 Å². The largest absolute Gasteiger partial charge is 0.353 e. The molecule has 0 spiro atoms. The summed E-state index contributed by atoms with van der Waals surface area (Å²) in [5, 5.41) is 11.9. The number of hydrogen-bond donors (Lipinski definition) is 2. The minimum Gasteiger partial charge on any atom is -0.353 e. The zero-order valence-corrected chi connectivity index (χ0v) is 16.3. The van der Waals surface area contributed by atoms with Crippen LogP contribution in [0.4, 0.5) is 0 Å². The number of para-hydroxylation sites is 2. The third-order valence-electron chi connectivity index (χ3n) is 4.30. The number of carbonyl (C=O) groups excluding carboxylic acids is 1. The number of aromatic nitrogens is 5. The van der Waals surface area contributed by atoms with Gasteiger partial charge in [-0.3, -0.25) is 14.5 Å². The molecule has 0 radical (unpaired) electrons. The van der Waals surface area contributed by atoms with Crippen LogP contribution in [0.5, 0.6) is 0 Å². The van der Waals surface area contributed by atoms with Crippen LogP contribution in [-0.2, 0) is 17.9 Å². The summed E-state index contributed by atoms with van der Waals surface area (Å²) in [6, 6.07) is 11.9. The number of H-pyrrole nitrogens is 1. The van der Waals surface area contributed by atoms with E-state index in [-0.39, 0.29) is 12.5 Å². The van der Waals surface area contributed by atoms with Gasteiger partial charge in [0.15, 0.2) is 10.6 Å². The minimum atomic E-state index is -0.104. The second-order valence-electron chi connectivity index (χ2n) is 6.07. The molecule has 0 aliphatic carbocycles. The molecule has 27 heavy (non-hydrogen) atoms. The molecule has 138 valence electrons. The van der Waals surface area contributed by atoms with Crippen molar-refractivity contribution < 1.29 is 4.79 Å². The van der Waals surface area contributed by atoms with Gasteiger partial charge in [-0.05, 0) is 42.7 Å². The lowest BCUT2D eigenvalue weighted by atomic mass is 10.3. The highest BCUT2D eigenvalue weighted by molar-refractivity contribution is 7.71. The Hall–Kier alpha value is -2.78. The average molecular weight is 399 g/mol. The molecule has 9 heteroatoms. The van der Waals surface area contributed by atoms with E-state index >= 15 is 0 Å². The van der Waals surface area contributed by atoms with Gasteiger partial charge in [-0.1, -0.05) is 18.2 Å². The molecule has 4 rings (SSSR count). The average Bonchev–Trinajstić information content (AvgIpc) is 3.36. The molecular weight excluding hydrogens is 380 g/mol.